The molecule has 0 aliphatic carbocycles. The topological polar surface area (TPSA) is 61.4 Å². The van der Waals surface area contributed by atoms with Crippen LogP contribution in [0.3, 0.4) is 0 Å². The van der Waals surface area contributed by atoms with Crippen molar-refractivity contribution < 1.29 is 4.79 Å². The minimum Gasteiger partial charge on any atom is -0.363 e. The molecule has 7 heteroatoms. The van der Waals surface area contributed by atoms with Gasteiger partial charge < -0.3 is 15.1 Å². The number of hydrogen-bond acceptors (Lipinski definition) is 6. The smallest absolute Gasteiger partial charge is 0.253 e. The largest absolute Gasteiger partial charge is 0.363 e. The number of piperidine rings is 1. The van der Waals surface area contributed by atoms with Crippen LogP contribution in [0.15, 0.2) is 53.6 Å². The fourth-order valence-corrected chi connectivity index (χ4v) is 5.54. The quantitative estimate of drug-likeness (QED) is 0.478. The highest BCUT2D eigenvalue weighted by Crippen LogP contribution is 2.27. The lowest BCUT2D eigenvalue weighted by Gasteiger charge is -2.41. The summed E-state index contributed by atoms with van der Waals surface area (Å²) in [6.07, 6.45) is 8.77. The lowest BCUT2D eigenvalue weighted by molar-refractivity contribution is 0.0943. The van der Waals surface area contributed by atoms with Crippen LogP contribution in [-0.4, -0.2) is 52.5 Å². The number of aryl methyl sites for hydroxylation is 2. The molecule has 1 atom stereocenters. The molecule has 0 radical (unpaired) electrons. The lowest BCUT2D eigenvalue weighted by Crippen LogP contribution is -2.48. The number of nitrogens with zero attached hydrogens (tertiary/aromatic N) is 4. The Morgan fingerprint density at radius 1 is 1.24 bits per heavy atom. The molecule has 1 aliphatic heterocycles. The molecule has 0 saturated carbocycles. The van der Waals surface area contributed by atoms with E-state index in [0.29, 0.717) is 24.2 Å². The zero-order valence-corrected chi connectivity index (χ0v) is 21.2. The molecule has 3 aromatic rings. The summed E-state index contributed by atoms with van der Waals surface area (Å²) in [5.74, 6) is -0.0189. The van der Waals surface area contributed by atoms with E-state index >= 15 is 0 Å². The summed E-state index contributed by atoms with van der Waals surface area (Å²) in [5, 5.41) is 7.49. The van der Waals surface area contributed by atoms with E-state index in [1.807, 2.05) is 38.4 Å². The minimum absolute atomic E-state index is 0.0189. The fraction of sp³-hybridized carbons (Fsp3) is 0.444. The molecule has 0 aromatic carbocycles. The number of carbonyl (C=O) groups excluding carboxylic acids is 1. The number of amides is 1. The average Bonchev–Trinajstić information content (AvgIpc) is 3.36. The van der Waals surface area contributed by atoms with E-state index in [0.717, 1.165) is 50.2 Å². The molecule has 180 valence electrons. The predicted molar refractivity (Wildman–Crippen MR) is 139 cm³/mol. The number of thiophene rings is 1. The average molecular weight is 478 g/mol. The van der Waals surface area contributed by atoms with Gasteiger partial charge in [-0.25, -0.2) is 0 Å². The van der Waals surface area contributed by atoms with E-state index in [1.165, 1.54) is 11.3 Å². The summed E-state index contributed by atoms with van der Waals surface area (Å²) in [5.41, 5.74) is 5.02. The number of likely N-dealkylation sites (tertiary alicyclic amines) is 1. The minimum atomic E-state index is -0.0189. The van der Waals surface area contributed by atoms with E-state index in [1.54, 1.807) is 17.5 Å². The third-order valence-corrected chi connectivity index (χ3v) is 7.63. The molecule has 1 saturated heterocycles. The number of anilines is 1. The molecule has 0 spiro atoms. The third-order valence-electron chi connectivity index (χ3n) is 6.90. The van der Waals surface area contributed by atoms with Gasteiger partial charge in [0.25, 0.3) is 5.91 Å². The zero-order valence-electron chi connectivity index (χ0n) is 20.4. The Balaban J connectivity index is 1.28. The summed E-state index contributed by atoms with van der Waals surface area (Å²) < 4.78 is 0. The van der Waals surface area contributed by atoms with Crippen molar-refractivity contribution in [3.8, 4) is 0 Å². The molecule has 1 aliphatic rings. The Hall–Kier alpha value is -2.77. The Kier molecular flexibility index (Phi) is 8.29. The van der Waals surface area contributed by atoms with Crippen molar-refractivity contribution in [2.24, 2.45) is 0 Å². The van der Waals surface area contributed by atoms with Gasteiger partial charge in [-0.2, -0.15) is 11.3 Å². The van der Waals surface area contributed by atoms with Crippen LogP contribution in [0.2, 0.25) is 0 Å². The van der Waals surface area contributed by atoms with Gasteiger partial charge in [0, 0.05) is 50.7 Å². The molecule has 1 N–H and O–H groups in total. The van der Waals surface area contributed by atoms with Crippen LogP contribution in [0, 0.1) is 13.8 Å². The normalized spacial score (nSPS) is 15.7. The van der Waals surface area contributed by atoms with Gasteiger partial charge in [0.2, 0.25) is 0 Å². The second-order valence-electron chi connectivity index (χ2n) is 9.22. The molecule has 0 bridgehead atoms. The molecule has 1 unspecified atom stereocenters. The van der Waals surface area contributed by atoms with Crippen molar-refractivity contribution in [3.63, 3.8) is 0 Å². The van der Waals surface area contributed by atoms with Gasteiger partial charge >= 0.3 is 0 Å². The third kappa shape index (κ3) is 6.02. The highest BCUT2D eigenvalue weighted by molar-refractivity contribution is 7.07. The van der Waals surface area contributed by atoms with Crippen molar-refractivity contribution >= 4 is 22.9 Å². The second-order valence-corrected chi connectivity index (χ2v) is 10.00. The summed E-state index contributed by atoms with van der Waals surface area (Å²) in [6.45, 7) is 9.87. The SMILES string of the molecule is Cc1ccnc(C)c1C(=O)NCCC(C)N1CCC(N(Cc2ccsc2)c2cccnc2)CC1. The molecule has 3 aromatic heterocycles. The predicted octanol–water partition coefficient (Wildman–Crippen LogP) is 4.83. The van der Waals surface area contributed by atoms with Crippen molar-refractivity contribution in [1.29, 1.82) is 0 Å². The van der Waals surface area contributed by atoms with Gasteiger partial charge in [-0.3, -0.25) is 14.8 Å². The van der Waals surface area contributed by atoms with Crippen molar-refractivity contribution in [2.45, 2.75) is 58.7 Å². The number of carbonyl (C=O) groups is 1. The highest BCUT2D eigenvalue weighted by atomic mass is 32.1. The van der Waals surface area contributed by atoms with Crippen LogP contribution in [0.25, 0.3) is 0 Å². The van der Waals surface area contributed by atoms with Crippen molar-refractivity contribution in [1.82, 2.24) is 20.2 Å². The summed E-state index contributed by atoms with van der Waals surface area (Å²) >= 11 is 1.75. The van der Waals surface area contributed by atoms with E-state index in [9.17, 15) is 4.79 Å². The maximum atomic E-state index is 12.7. The Labute approximate surface area is 207 Å². The first-order chi connectivity index (χ1) is 16.5. The van der Waals surface area contributed by atoms with Crippen LogP contribution >= 0.6 is 11.3 Å². The van der Waals surface area contributed by atoms with Gasteiger partial charge in [0.1, 0.15) is 0 Å². The maximum absolute atomic E-state index is 12.7. The number of hydrogen-bond donors (Lipinski definition) is 1. The second kappa shape index (κ2) is 11.6. The Bertz CT molecular complexity index is 1030. The molecular formula is C27H35N5OS. The first-order valence-corrected chi connectivity index (χ1v) is 13.1. The van der Waals surface area contributed by atoms with Gasteiger partial charge in [-0.15, -0.1) is 0 Å². The van der Waals surface area contributed by atoms with Crippen LogP contribution in [0.4, 0.5) is 5.69 Å². The molecule has 1 fully saturated rings. The number of aromatic nitrogens is 2. The molecular weight excluding hydrogens is 442 g/mol. The number of rotatable bonds is 9. The summed E-state index contributed by atoms with van der Waals surface area (Å²) in [7, 11) is 0. The van der Waals surface area contributed by atoms with Crippen LogP contribution in [-0.2, 0) is 6.54 Å². The highest BCUT2D eigenvalue weighted by Gasteiger charge is 2.27. The Morgan fingerprint density at radius 3 is 2.74 bits per heavy atom. The first kappa shape index (κ1) is 24.4. The summed E-state index contributed by atoms with van der Waals surface area (Å²) in [6, 6.07) is 9.24. The lowest BCUT2D eigenvalue weighted by atomic mass is 9.99. The maximum Gasteiger partial charge on any atom is 0.253 e. The molecule has 4 heterocycles. The number of nitrogens with one attached hydrogen (secondary N) is 1. The molecule has 34 heavy (non-hydrogen) atoms. The van der Waals surface area contributed by atoms with Crippen LogP contribution < -0.4 is 10.2 Å². The van der Waals surface area contributed by atoms with E-state index in [4.69, 9.17) is 0 Å². The molecule has 1 amide bonds. The Morgan fingerprint density at radius 2 is 2.06 bits per heavy atom. The zero-order chi connectivity index (χ0) is 23.9. The van der Waals surface area contributed by atoms with Gasteiger partial charge in [-0.1, -0.05) is 0 Å². The first-order valence-electron chi connectivity index (χ1n) is 12.1. The van der Waals surface area contributed by atoms with Crippen LogP contribution in [0.5, 0.6) is 0 Å². The monoisotopic (exact) mass is 477 g/mol. The standard InChI is InChI=1S/C27H35N5OS/c1-20-6-12-29-22(3)26(20)27(33)30-13-7-21(2)31-14-8-24(9-15-31)32(18-23-10-16-34-19-23)25-5-4-11-28-17-25/h4-6,10-12,16-17,19,21,24H,7-9,13-15,18H2,1-3H3,(H,30,33). The molecule has 4 rings (SSSR count). The van der Waals surface area contributed by atoms with E-state index in [2.05, 4.69) is 54.9 Å². The van der Waals surface area contributed by atoms with E-state index in [-0.39, 0.29) is 5.91 Å². The van der Waals surface area contributed by atoms with E-state index < -0.39 is 0 Å². The van der Waals surface area contributed by atoms with Crippen molar-refractivity contribution in [2.75, 3.05) is 24.5 Å². The van der Waals surface area contributed by atoms with Crippen molar-refractivity contribution in [3.05, 3.63) is 76.0 Å². The molecule has 6 nitrogen and oxygen atoms in total. The van der Waals surface area contributed by atoms with Gasteiger partial charge in [0.15, 0.2) is 0 Å². The van der Waals surface area contributed by atoms with Crippen LogP contribution in [0.1, 0.15) is 53.4 Å². The summed E-state index contributed by atoms with van der Waals surface area (Å²) in [4.78, 5) is 26.4. The fourth-order valence-electron chi connectivity index (χ4n) is 4.88. The number of pyridine rings is 2. The van der Waals surface area contributed by atoms with Gasteiger partial charge in [0.05, 0.1) is 23.1 Å². The van der Waals surface area contributed by atoms with Gasteiger partial charge in [-0.05, 0) is 86.2 Å².